The second-order valence-electron chi connectivity index (χ2n) is 3.87. The van der Waals surface area contributed by atoms with Crippen molar-refractivity contribution < 1.29 is 13.9 Å². The molecule has 18 heavy (non-hydrogen) atoms. The Morgan fingerprint density at radius 1 is 1.28 bits per heavy atom. The van der Waals surface area contributed by atoms with Crippen molar-refractivity contribution in [2.75, 3.05) is 7.11 Å². The number of rotatable bonds is 1. The molecular weight excluding hydrogens is 234 g/mol. The van der Waals surface area contributed by atoms with Gasteiger partial charge in [0.25, 0.3) is 5.56 Å². The molecular formula is C13H9NO4. The van der Waals surface area contributed by atoms with Gasteiger partial charge in [-0.05, 0) is 24.3 Å². The van der Waals surface area contributed by atoms with Crippen molar-refractivity contribution in [3.63, 3.8) is 0 Å². The molecule has 0 radical (unpaired) electrons. The minimum absolute atomic E-state index is 0.242. The number of H-pyrrole nitrogens is 1. The van der Waals surface area contributed by atoms with Crippen molar-refractivity contribution in [1.29, 1.82) is 0 Å². The smallest absolute Gasteiger partial charge is 0.337 e. The lowest BCUT2D eigenvalue weighted by Gasteiger charge is -2.02. The van der Waals surface area contributed by atoms with E-state index in [9.17, 15) is 9.59 Å². The molecule has 0 atom stereocenters. The normalized spacial score (nSPS) is 10.9. The number of carbonyl (C=O) groups is 1. The first kappa shape index (κ1) is 10.6. The fourth-order valence-electron chi connectivity index (χ4n) is 1.98. The molecule has 0 aliphatic rings. The molecule has 2 aromatic heterocycles. The average molecular weight is 243 g/mol. The molecule has 0 bridgehead atoms. The summed E-state index contributed by atoms with van der Waals surface area (Å²) in [5, 5.41) is 1.25. The van der Waals surface area contributed by atoms with Crippen LogP contribution in [0.1, 0.15) is 10.4 Å². The van der Waals surface area contributed by atoms with Gasteiger partial charge in [0.05, 0.1) is 29.8 Å². The predicted octanol–water partition coefficient (Wildman–Crippen LogP) is 2.06. The maximum atomic E-state index is 11.8. The second-order valence-corrected chi connectivity index (χ2v) is 3.87. The van der Waals surface area contributed by atoms with Crippen LogP contribution < -0.4 is 5.56 Å². The zero-order valence-electron chi connectivity index (χ0n) is 9.52. The number of nitrogens with one attached hydrogen (secondary N) is 1. The van der Waals surface area contributed by atoms with Crippen molar-refractivity contribution in [1.82, 2.24) is 4.98 Å². The third-order valence-electron chi connectivity index (χ3n) is 2.84. The third kappa shape index (κ3) is 1.41. The first-order valence-electron chi connectivity index (χ1n) is 5.32. The Labute approximate surface area is 101 Å². The summed E-state index contributed by atoms with van der Waals surface area (Å²) in [6.45, 7) is 0. The van der Waals surface area contributed by atoms with Gasteiger partial charge in [-0.3, -0.25) is 4.79 Å². The van der Waals surface area contributed by atoms with E-state index >= 15 is 0 Å². The van der Waals surface area contributed by atoms with Gasteiger partial charge in [-0.1, -0.05) is 0 Å². The minimum Gasteiger partial charge on any atom is -0.465 e. The molecule has 0 unspecified atom stereocenters. The summed E-state index contributed by atoms with van der Waals surface area (Å²) in [5.74, 6) is -0.447. The van der Waals surface area contributed by atoms with E-state index in [-0.39, 0.29) is 5.56 Å². The molecule has 0 aliphatic heterocycles. The van der Waals surface area contributed by atoms with Crippen LogP contribution >= 0.6 is 0 Å². The van der Waals surface area contributed by atoms with Gasteiger partial charge in [-0.25, -0.2) is 4.79 Å². The van der Waals surface area contributed by atoms with Gasteiger partial charge < -0.3 is 14.1 Å². The Kier molecular flexibility index (Phi) is 2.19. The monoisotopic (exact) mass is 243 g/mol. The van der Waals surface area contributed by atoms with Crippen molar-refractivity contribution >= 4 is 27.8 Å². The van der Waals surface area contributed by atoms with E-state index in [1.54, 1.807) is 24.3 Å². The average Bonchev–Trinajstić information content (AvgIpc) is 2.87. The summed E-state index contributed by atoms with van der Waals surface area (Å²) < 4.78 is 9.94. The van der Waals surface area contributed by atoms with E-state index in [0.717, 1.165) is 5.39 Å². The van der Waals surface area contributed by atoms with Crippen molar-refractivity contribution in [3.05, 3.63) is 46.4 Å². The topological polar surface area (TPSA) is 72.3 Å². The fourth-order valence-corrected chi connectivity index (χ4v) is 1.98. The van der Waals surface area contributed by atoms with E-state index in [4.69, 9.17) is 4.42 Å². The van der Waals surface area contributed by atoms with E-state index < -0.39 is 5.97 Å². The predicted molar refractivity (Wildman–Crippen MR) is 65.7 cm³/mol. The number of ether oxygens (including phenoxy) is 1. The van der Waals surface area contributed by atoms with Crippen LogP contribution in [0.2, 0.25) is 0 Å². The van der Waals surface area contributed by atoms with Crippen molar-refractivity contribution in [3.8, 4) is 0 Å². The van der Waals surface area contributed by atoms with Crippen molar-refractivity contribution in [2.24, 2.45) is 0 Å². The number of carbonyl (C=O) groups excluding carboxylic acids is 1. The maximum absolute atomic E-state index is 11.8. The molecule has 1 N–H and O–H groups in total. The van der Waals surface area contributed by atoms with Crippen LogP contribution in [0.4, 0.5) is 0 Å². The molecule has 2 heterocycles. The summed E-state index contributed by atoms with van der Waals surface area (Å²) in [6.07, 6.45) is 1.47. The number of hydrogen-bond donors (Lipinski definition) is 1. The van der Waals surface area contributed by atoms with Crippen LogP contribution in [0.15, 0.2) is 39.7 Å². The minimum atomic E-state index is -0.447. The fraction of sp³-hybridized carbons (Fsp3) is 0.0769. The molecule has 3 rings (SSSR count). The molecule has 0 aliphatic carbocycles. The molecule has 0 saturated carbocycles. The summed E-state index contributed by atoms with van der Waals surface area (Å²) >= 11 is 0. The maximum Gasteiger partial charge on any atom is 0.337 e. The van der Waals surface area contributed by atoms with Crippen LogP contribution in [0.25, 0.3) is 21.9 Å². The van der Waals surface area contributed by atoms with E-state index in [1.165, 1.54) is 13.4 Å². The zero-order chi connectivity index (χ0) is 12.7. The molecule has 0 fully saturated rings. The van der Waals surface area contributed by atoms with Crippen LogP contribution in [0.3, 0.4) is 0 Å². The lowest BCUT2D eigenvalue weighted by atomic mass is 10.1. The molecule has 1 aromatic carbocycles. The number of aromatic nitrogens is 1. The summed E-state index contributed by atoms with van der Waals surface area (Å²) in [6, 6.07) is 6.55. The van der Waals surface area contributed by atoms with Crippen LogP contribution in [-0.4, -0.2) is 18.1 Å². The Morgan fingerprint density at radius 2 is 2.11 bits per heavy atom. The van der Waals surface area contributed by atoms with Crippen LogP contribution in [-0.2, 0) is 4.74 Å². The molecule has 5 nitrogen and oxygen atoms in total. The lowest BCUT2D eigenvalue weighted by molar-refractivity contribution is 0.0601. The highest BCUT2D eigenvalue weighted by atomic mass is 16.5. The standard InChI is InChI=1S/C13H9NO4/c1-17-13(16)7-2-3-8-10(6-7)14-12(15)9-4-5-18-11(8)9/h2-6H,1H3,(H,14,15). The number of hydrogen-bond acceptors (Lipinski definition) is 4. The highest BCUT2D eigenvalue weighted by molar-refractivity contribution is 6.04. The number of aromatic amines is 1. The summed E-state index contributed by atoms with van der Waals surface area (Å²) in [7, 11) is 1.31. The Bertz CT molecular complexity index is 813. The number of furan rings is 1. The Balaban J connectivity index is 2.39. The van der Waals surface area contributed by atoms with E-state index in [1.807, 2.05) is 0 Å². The SMILES string of the molecule is COC(=O)c1ccc2c(c1)[nH]c(=O)c1ccoc12. The highest BCUT2D eigenvalue weighted by Gasteiger charge is 2.11. The van der Waals surface area contributed by atoms with Gasteiger partial charge in [-0.15, -0.1) is 0 Å². The van der Waals surface area contributed by atoms with Gasteiger partial charge >= 0.3 is 5.97 Å². The lowest BCUT2D eigenvalue weighted by Crippen LogP contribution is -2.06. The summed E-state index contributed by atoms with van der Waals surface area (Å²) in [5.41, 5.74) is 1.20. The molecule has 0 spiro atoms. The van der Waals surface area contributed by atoms with Gasteiger partial charge in [-0.2, -0.15) is 0 Å². The summed E-state index contributed by atoms with van der Waals surface area (Å²) in [4.78, 5) is 25.9. The van der Waals surface area contributed by atoms with E-state index in [0.29, 0.717) is 22.0 Å². The quantitative estimate of drug-likeness (QED) is 0.664. The third-order valence-corrected chi connectivity index (χ3v) is 2.84. The molecule has 0 amide bonds. The number of pyridine rings is 1. The Morgan fingerprint density at radius 3 is 2.89 bits per heavy atom. The zero-order valence-corrected chi connectivity index (χ0v) is 9.52. The first-order valence-corrected chi connectivity index (χ1v) is 5.32. The molecule has 5 heteroatoms. The molecule has 90 valence electrons. The largest absolute Gasteiger partial charge is 0.465 e. The molecule has 3 aromatic rings. The van der Waals surface area contributed by atoms with Crippen LogP contribution in [0.5, 0.6) is 0 Å². The number of methoxy groups -OCH3 is 1. The number of fused-ring (bicyclic) bond motifs is 3. The van der Waals surface area contributed by atoms with Crippen LogP contribution in [0, 0.1) is 0 Å². The molecule has 0 saturated heterocycles. The van der Waals surface area contributed by atoms with Gasteiger partial charge in [0.2, 0.25) is 0 Å². The van der Waals surface area contributed by atoms with Gasteiger partial charge in [0, 0.05) is 5.39 Å². The second kappa shape index (κ2) is 3.73. The van der Waals surface area contributed by atoms with Crippen molar-refractivity contribution in [2.45, 2.75) is 0 Å². The van der Waals surface area contributed by atoms with E-state index in [2.05, 4.69) is 9.72 Å². The van der Waals surface area contributed by atoms with Gasteiger partial charge in [0.1, 0.15) is 5.58 Å². The van der Waals surface area contributed by atoms with Gasteiger partial charge in [0.15, 0.2) is 0 Å². The Hall–Kier alpha value is -2.56. The first-order chi connectivity index (χ1) is 8.70. The number of benzene rings is 1. The number of esters is 1. The highest BCUT2D eigenvalue weighted by Crippen LogP contribution is 2.22.